The van der Waals surface area contributed by atoms with Gasteiger partial charge in [-0.15, -0.1) is 0 Å². The van der Waals surface area contributed by atoms with Crippen molar-refractivity contribution < 1.29 is 206 Å². The van der Waals surface area contributed by atoms with E-state index in [2.05, 4.69) is 0 Å². The molecular formula is C101H80O44. The van der Waals surface area contributed by atoms with Crippen LogP contribution in [0, 0.1) is 0 Å². The number of esters is 2. The van der Waals surface area contributed by atoms with Crippen LogP contribution in [0.25, 0.3) is 32.3 Å². The van der Waals surface area contributed by atoms with E-state index in [0.717, 1.165) is 109 Å². The number of phenols is 24. The second-order valence-corrected chi connectivity index (χ2v) is 34.9. The summed E-state index contributed by atoms with van der Waals surface area (Å²) in [6, 6.07) is 26.3. The summed E-state index contributed by atoms with van der Waals surface area (Å²) >= 11 is 0. The van der Waals surface area contributed by atoms with E-state index in [1.807, 2.05) is 0 Å². The second-order valence-electron chi connectivity index (χ2n) is 34.9. The molecular weight excluding hydrogens is 1920 g/mol. The first-order valence-electron chi connectivity index (χ1n) is 43.3. The molecule has 0 saturated carbocycles. The van der Waals surface area contributed by atoms with E-state index < -0.39 is 238 Å². The monoisotopic (exact) mass is 2000 g/mol. The van der Waals surface area contributed by atoms with Gasteiger partial charge in [0.05, 0.1) is 51.7 Å². The number of hydrogen-bond acceptors (Lipinski definition) is 44. The van der Waals surface area contributed by atoms with Crippen molar-refractivity contribution in [2.24, 2.45) is 0 Å². The van der Waals surface area contributed by atoms with Crippen LogP contribution in [0.4, 0.5) is 0 Å². The Morgan fingerprint density at radius 3 is 0.710 bits per heavy atom. The quantitative estimate of drug-likeness (QED) is 0.0450. The van der Waals surface area contributed by atoms with Crippen LogP contribution in [0.5, 0.6) is 190 Å². The fourth-order valence-corrected chi connectivity index (χ4v) is 18.6. The van der Waals surface area contributed by atoms with Crippen molar-refractivity contribution >= 4 is 44.3 Å². The van der Waals surface area contributed by atoms with Crippen LogP contribution in [0.2, 0.25) is 0 Å². The Morgan fingerprint density at radius 1 is 0.221 bits per heavy atom. The van der Waals surface area contributed by atoms with Crippen LogP contribution in [0.3, 0.4) is 0 Å². The molecule has 0 radical (unpaired) electrons. The molecule has 44 heteroatoms. The summed E-state index contributed by atoms with van der Waals surface area (Å²) in [5.74, 6) is -20.1. The van der Waals surface area contributed by atoms with Gasteiger partial charge in [0.2, 0.25) is 16.3 Å². The molecule has 44 nitrogen and oxygen atoms in total. The van der Waals surface area contributed by atoms with Gasteiger partial charge in [0.25, 0.3) is 0 Å². The lowest BCUT2D eigenvalue weighted by Gasteiger charge is -2.34. The minimum atomic E-state index is -1.53. The van der Waals surface area contributed by atoms with Gasteiger partial charge < -0.3 is 196 Å². The highest BCUT2D eigenvalue weighted by Gasteiger charge is 2.45. The number of benzene rings is 11. The molecule has 0 bridgehead atoms. The van der Waals surface area contributed by atoms with E-state index >= 15 is 0 Å². The average Bonchev–Trinajstić information content (AvgIpc) is 1.22. The molecule has 0 spiro atoms. The average molecular weight is 2000 g/mol. The lowest BCUT2D eigenvalue weighted by Crippen LogP contribution is -2.35. The van der Waals surface area contributed by atoms with E-state index in [1.165, 1.54) is 42.5 Å². The Hall–Kier alpha value is -18.9. The van der Waals surface area contributed by atoms with Crippen LogP contribution >= 0.6 is 0 Å². The van der Waals surface area contributed by atoms with Crippen LogP contribution in [-0.2, 0) is 48.0 Å². The molecule has 0 aliphatic carbocycles. The number of carbonyl (C=O) groups is 2. The highest BCUT2D eigenvalue weighted by molar-refractivity contribution is 6.01. The van der Waals surface area contributed by atoms with Crippen LogP contribution in [0.1, 0.15) is 124 Å². The summed E-state index contributed by atoms with van der Waals surface area (Å²) in [6.07, 6.45) is -18.0. The summed E-state index contributed by atoms with van der Waals surface area (Å²) in [6.45, 7) is 0. The number of fused-ring (bicyclic) bond motifs is 9. The molecule has 20 rings (SSSR count). The Kier molecular flexibility index (Phi) is 24.2. The van der Waals surface area contributed by atoms with Crippen LogP contribution < -0.4 is 44.7 Å². The number of phenolic OH excluding ortho intramolecular Hbond substituents is 24. The van der Waals surface area contributed by atoms with Gasteiger partial charge in [-0.1, -0.05) is 0 Å². The van der Waals surface area contributed by atoms with E-state index in [-0.39, 0.29) is 202 Å². The molecule has 748 valence electrons. The van der Waals surface area contributed by atoms with Gasteiger partial charge in [0.1, 0.15) is 128 Å². The summed E-state index contributed by atoms with van der Waals surface area (Å²) in [5.41, 5.74) is -3.52. The van der Waals surface area contributed by atoms with E-state index in [0.29, 0.717) is 0 Å². The van der Waals surface area contributed by atoms with Gasteiger partial charge >= 0.3 is 11.9 Å². The number of rotatable bonds is 10. The maximum Gasteiger partial charge on any atom is 0.338 e. The minimum absolute atomic E-state index is 0.0180. The lowest BCUT2D eigenvalue weighted by molar-refractivity contribution is -0.0190. The molecule has 14 aromatic carbocycles. The van der Waals surface area contributed by atoms with E-state index in [4.69, 9.17) is 37.9 Å². The lowest BCUT2D eigenvalue weighted by atomic mass is 9.89. The Bertz CT molecular complexity index is 8000. The van der Waals surface area contributed by atoms with E-state index in [9.17, 15) is 182 Å². The molecule has 0 amide bonds. The normalized spacial score (nSPS) is 19.8. The number of aliphatic hydroxyl groups is 4. The molecule has 0 unspecified atom stereocenters. The molecule has 12 atom stereocenters. The van der Waals surface area contributed by atoms with Crippen molar-refractivity contribution in [2.75, 3.05) is 0 Å². The first kappa shape index (κ1) is 96.3. The molecule has 145 heavy (non-hydrogen) atoms. The van der Waals surface area contributed by atoms with Crippen molar-refractivity contribution in [1.29, 1.82) is 0 Å². The molecule has 0 saturated heterocycles. The summed E-state index contributed by atoms with van der Waals surface area (Å²) in [5, 5.41) is 322. The zero-order chi connectivity index (χ0) is 104. The van der Waals surface area contributed by atoms with Gasteiger partial charge in [0.15, 0.2) is 111 Å². The van der Waals surface area contributed by atoms with Crippen molar-refractivity contribution in [3.05, 3.63) is 260 Å². The summed E-state index contributed by atoms with van der Waals surface area (Å²) in [4.78, 5) is 66.5. The van der Waals surface area contributed by atoms with Gasteiger partial charge in [-0.25, -0.2) is 9.59 Å². The van der Waals surface area contributed by atoms with Crippen molar-refractivity contribution in [2.45, 2.75) is 112 Å². The number of carbonyl (C=O) groups excluding carboxylic acids is 2. The third kappa shape index (κ3) is 17.5. The molecule has 14 aromatic rings. The summed E-state index contributed by atoms with van der Waals surface area (Å²) in [7, 11) is 0. The van der Waals surface area contributed by atoms with Crippen molar-refractivity contribution in [3.63, 3.8) is 0 Å². The molecule has 6 aliphatic heterocycles. The van der Waals surface area contributed by atoms with Gasteiger partial charge in [-0.2, -0.15) is 0 Å². The topological polar surface area (TPSA) is 786 Å². The van der Waals surface area contributed by atoms with Crippen LogP contribution in [0.15, 0.2) is 166 Å². The Labute approximate surface area is 808 Å². The molecule has 0 fully saturated rings. The minimum Gasteiger partial charge on any atom is -0.508 e. The number of aliphatic hydroxyl groups excluding tert-OH is 4. The SMILES string of the molecule is O=C(O[C@@H]1Cc2c(O)cc(O)cc2O[C@@H]1c1cc(=O)c(O)c2c(O)c(O)cc([C@H]3Oc4cc(O)cc(O)c4C[C@H]3O)c2c1)c1cc(O)c(O)c(O)c1.O=C(O[C@@H]1Cc2c(O)cc(O)cc2O[C@@H]1c1cc(O)c(O)c2c(O)c(=O)cc([C@H]3Oc4cc(O)cc(O)c4C[C@H]3O)cc12)c1cc(O)c(O)c(O)c1.O=c1cc([C@H]2Oc3cc(O)cc(O)c3C[C@H]2O)cc2c([C@H]3Oc4cc(O)cc(O)c4C[C@H]3O)cc(O)c(O)c2c1O. The molecule has 6 heterocycles. The fraction of sp³-hybridized carbons (Fsp3) is 0.178. The first-order chi connectivity index (χ1) is 68.6. The van der Waals surface area contributed by atoms with Crippen molar-refractivity contribution in [1.82, 2.24) is 0 Å². The second kappa shape index (κ2) is 36.4. The van der Waals surface area contributed by atoms with Crippen LogP contribution in [-0.4, -0.2) is 207 Å². The van der Waals surface area contributed by atoms with E-state index in [1.54, 1.807) is 0 Å². The van der Waals surface area contributed by atoms with Gasteiger partial charge in [-0.05, 0) is 106 Å². The van der Waals surface area contributed by atoms with Gasteiger partial charge in [-0.3, -0.25) is 14.4 Å². The third-order valence-electron chi connectivity index (χ3n) is 25.4. The van der Waals surface area contributed by atoms with Gasteiger partial charge in [0, 0.05) is 167 Å². The third-order valence-corrected chi connectivity index (χ3v) is 25.4. The van der Waals surface area contributed by atoms with Crippen molar-refractivity contribution in [3.8, 4) is 190 Å². The largest absolute Gasteiger partial charge is 0.508 e. The highest BCUT2D eigenvalue weighted by atomic mass is 16.6. The zero-order valence-electron chi connectivity index (χ0n) is 73.8. The predicted molar refractivity (Wildman–Crippen MR) is 492 cm³/mol. The smallest absolute Gasteiger partial charge is 0.338 e. The Balaban J connectivity index is 0.000000144. The highest BCUT2D eigenvalue weighted by Crippen LogP contribution is 2.56. The molecule has 31 N–H and O–H groups in total. The number of ether oxygens (including phenoxy) is 8. The maximum absolute atomic E-state index is 13.5. The molecule has 6 aliphatic rings. The number of hydrogen-bond donors (Lipinski definition) is 31. The standard InChI is InChI=1S/2C36H28O16.C29H24O12/c37-14-5-20(39)18-10-26(45)35(51-27(18)7-14)17-9-25(44)33(48)30-16(17)1-12(2-24(43)32(30)47)34-29(11-19-21(40)6-15(38)8-28(19)50-34)52-36(49)13-3-22(41)31(46)23(42)4-13;37-14-5-20(39)18-10-26(45)34(50-27(18)7-14)12-1-16-17(9-25(44)33(48)30(16)32(47)24(43)2-12)35-29(11-19-21(40)6-15(38)8-28(19)51-35)52-36(49)13-3-22(41)31(46)23(42)4-13;30-11-3-17(32)15-8-21(36)28(40-23(15)5-11)10-1-13-14(7-20(35)27(39)25(13)26(38)19(34)2-10)29-22(37)9-16-18(33)4-12(31)6-24(16)41-29/h2*1-9,26,29,34-35,37-42,44-46,48H,10-11H2,(H,43,47);1-7,21-22,28-33,35-37,39H,8-9H2,(H,34,38)/t2*26-,29-,34-,35-;21-,22-,28-,29-/m111/s1. The molecule has 0 aromatic heterocycles. The zero-order valence-corrected chi connectivity index (χ0v) is 73.8. The maximum atomic E-state index is 13.5. The first-order valence-corrected chi connectivity index (χ1v) is 43.3. The Morgan fingerprint density at radius 2 is 0.434 bits per heavy atom. The number of aromatic hydroxyl groups is 27. The predicted octanol–water partition coefficient (Wildman–Crippen LogP) is 8.60. The summed E-state index contributed by atoms with van der Waals surface area (Å²) < 4.78 is 47.4. The fourth-order valence-electron chi connectivity index (χ4n) is 18.6.